The highest BCUT2D eigenvalue weighted by atomic mass is 14.3. The van der Waals surface area contributed by atoms with Crippen LogP contribution < -0.4 is 0 Å². The minimum atomic E-state index is 0.388. The molecular formula is C110H176. The molecule has 0 aliphatic heterocycles. The van der Waals surface area contributed by atoms with Crippen LogP contribution >= 0.6 is 0 Å². The van der Waals surface area contributed by atoms with Crippen molar-refractivity contribution in [3.8, 4) is 0 Å². The molecule has 0 saturated carbocycles. The van der Waals surface area contributed by atoms with Gasteiger partial charge >= 0.3 is 0 Å². The molecule has 0 aromatic heterocycles. The van der Waals surface area contributed by atoms with Gasteiger partial charge in [0.25, 0.3) is 0 Å². The average Bonchev–Trinajstić information content (AvgIpc) is 0.870. The molecule has 11 aliphatic rings. The van der Waals surface area contributed by atoms with Gasteiger partial charge in [-0.05, 0) is 373 Å². The molecule has 11 aliphatic carbocycles. The van der Waals surface area contributed by atoms with Gasteiger partial charge in [0.1, 0.15) is 0 Å². The van der Waals surface area contributed by atoms with Crippen molar-refractivity contribution in [1.82, 2.24) is 0 Å². The lowest BCUT2D eigenvalue weighted by atomic mass is 9.76. The SMILES string of the molecule is C/C1=C/CC/C(C)=C\CC1.C/C1=C/CC/C=C(/C)CC1.C/C1=C/CCC(C)/C=C\C1.C=C(C)C1CC=C(C)CC1.C=C(C)C1CCC=C(C)C1.C=CC1(C)CC=C(C)CC1.C=CC1(C)CCC=C(C)C1.CC1/C=C\CC(C)/C=C\C1.CC1=CCC(C)CCC=C1.CC1=CCCC(C)CC=C1.CC1=CCCC(C)CC=C1. The van der Waals surface area contributed by atoms with E-state index in [2.05, 4.69) is 337 Å². The van der Waals surface area contributed by atoms with E-state index >= 15 is 0 Å². The molecule has 0 heterocycles. The Morgan fingerprint density at radius 2 is 0.764 bits per heavy atom. The lowest BCUT2D eigenvalue weighted by Gasteiger charge is -2.29. The quantitative estimate of drug-likeness (QED) is 0.246. The monoisotopic (exact) mass is 1500 g/mol. The fourth-order valence-corrected chi connectivity index (χ4v) is 14.6. The van der Waals surface area contributed by atoms with Crippen LogP contribution in [0.4, 0.5) is 0 Å². The fraction of sp³-hybridized carbons (Fsp3) is 0.600. The Hall–Kier alpha value is -5.72. The molecular weight excluding hydrogens is 1320 g/mol. The lowest BCUT2D eigenvalue weighted by molar-refractivity contribution is 0.375. The minimum Gasteiger partial charge on any atom is -0.103 e. The molecule has 0 amide bonds. The molecule has 0 spiro atoms. The molecule has 0 aromatic rings. The molecule has 0 heteroatoms. The summed E-state index contributed by atoms with van der Waals surface area (Å²) < 4.78 is 0. The molecule has 10 atom stereocenters. The molecule has 0 N–H and O–H groups in total. The van der Waals surface area contributed by atoms with E-state index in [9.17, 15) is 0 Å². The maximum atomic E-state index is 3.99. The maximum absolute atomic E-state index is 3.99. The highest BCUT2D eigenvalue weighted by molar-refractivity contribution is 5.20. The van der Waals surface area contributed by atoms with Gasteiger partial charge in [0.15, 0.2) is 0 Å². The van der Waals surface area contributed by atoms with E-state index in [0.717, 1.165) is 53.8 Å². The van der Waals surface area contributed by atoms with Crippen molar-refractivity contribution in [2.75, 3.05) is 0 Å². The van der Waals surface area contributed by atoms with Crippen LogP contribution in [0.2, 0.25) is 0 Å². The summed E-state index contributed by atoms with van der Waals surface area (Å²) in [5.74, 6) is 6.42. The van der Waals surface area contributed by atoms with Crippen molar-refractivity contribution in [3.63, 3.8) is 0 Å². The summed E-state index contributed by atoms with van der Waals surface area (Å²) in [4.78, 5) is 0. The Kier molecular flexibility index (Phi) is 57.4. The van der Waals surface area contributed by atoms with Crippen LogP contribution in [0.25, 0.3) is 0 Å². The van der Waals surface area contributed by atoms with Crippen molar-refractivity contribution < 1.29 is 0 Å². The Bertz CT molecular complexity index is 3110. The van der Waals surface area contributed by atoms with Gasteiger partial charge in [0, 0.05) is 0 Å². The van der Waals surface area contributed by atoms with E-state index in [1.54, 1.807) is 39.0 Å². The van der Waals surface area contributed by atoms with E-state index in [1.807, 2.05) is 0 Å². The Balaban J connectivity index is 0.000000605. The minimum absolute atomic E-state index is 0.388. The second kappa shape index (κ2) is 61.7. The van der Waals surface area contributed by atoms with Gasteiger partial charge in [0.05, 0.1) is 0 Å². The zero-order valence-corrected chi connectivity index (χ0v) is 76.5. The molecule has 0 bridgehead atoms. The Morgan fingerprint density at radius 1 is 0.327 bits per heavy atom. The van der Waals surface area contributed by atoms with Crippen LogP contribution in [0.1, 0.15) is 371 Å². The third kappa shape index (κ3) is 56.5. The van der Waals surface area contributed by atoms with Crippen LogP contribution in [-0.4, -0.2) is 0 Å². The first-order valence-electron chi connectivity index (χ1n) is 44.7. The summed E-state index contributed by atoms with van der Waals surface area (Å²) in [5, 5.41) is 0. The van der Waals surface area contributed by atoms with Gasteiger partial charge in [-0.1, -0.05) is 305 Å². The molecule has 616 valence electrons. The second-order valence-electron chi connectivity index (χ2n) is 36.7. The van der Waals surface area contributed by atoms with Crippen molar-refractivity contribution >= 4 is 0 Å². The predicted molar refractivity (Wildman–Crippen MR) is 505 cm³/mol. The van der Waals surface area contributed by atoms with E-state index < -0.39 is 0 Å². The first-order valence-corrected chi connectivity index (χ1v) is 44.7. The Morgan fingerprint density at radius 3 is 1.24 bits per heavy atom. The van der Waals surface area contributed by atoms with E-state index in [-0.39, 0.29) is 0 Å². The predicted octanol–water partition coefficient (Wildman–Crippen LogP) is 36.5. The third-order valence-corrected chi connectivity index (χ3v) is 23.7. The zero-order valence-electron chi connectivity index (χ0n) is 76.5. The van der Waals surface area contributed by atoms with Gasteiger partial charge in [-0.25, -0.2) is 0 Å². The van der Waals surface area contributed by atoms with Gasteiger partial charge in [-0.3, -0.25) is 0 Å². The standard InChI is InChI=1S/11C10H16/c1-8(2)10-6-4-9(3)5-7-10;1-8(2)10-6-4-5-9(3)7-10;5*1-9-5-3-7-10(2)8-4-6-9;2*1-9-5-3-4-6-10(2)8-7-9;1-4-10(3)7-5-9(2)6-8-10;1-4-10(3)7-5-6-9(2)8-10/h4,10H,1,5-7H2,2-3H3;5,10H,1,4,6-7H2,2-3H3;5,8H,3-4,6-7H2,1-2H3;3,5,8-9H,4,6-7H2,1-2H3;2*3,5-6,10H,4,7-8H2,1-2H3;3-5,8-10H,6-7H2,1-2H3;5-6H,3-4,7-8H2,1-2H3;3,5,7,10H,4,6,8H2,1-2H3;4-5H,1,6-8H2,2-3H3;4,6H,1,5,7-8H2,2-3H3/b;;9-5-,10-8-;5-3-,10-8-;;;5-3-,8-4-;9-5-,10-6-;;;. The van der Waals surface area contributed by atoms with Gasteiger partial charge < -0.3 is 0 Å². The molecule has 0 saturated heterocycles. The topological polar surface area (TPSA) is 0 Å². The molecule has 0 nitrogen and oxygen atoms in total. The van der Waals surface area contributed by atoms with Crippen LogP contribution in [0.15, 0.2) is 262 Å². The molecule has 10 unspecified atom stereocenters. The molecule has 110 heavy (non-hydrogen) atoms. The molecule has 0 aromatic carbocycles. The Labute approximate surface area is 686 Å². The number of rotatable bonds is 4. The summed E-state index contributed by atoms with van der Waals surface area (Å²) in [5.41, 5.74) is 21.7. The van der Waals surface area contributed by atoms with Crippen LogP contribution in [0, 0.1) is 58.2 Å². The van der Waals surface area contributed by atoms with E-state index in [4.69, 9.17) is 0 Å². The van der Waals surface area contributed by atoms with Crippen LogP contribution in [-0.2, 0) is 0 Å². The summed E-state index contributed by atoms with van der Waals surface area (Å²) in [6.45, 7) is 64.8. The average molecular weight is 1500 g/mol. The van der Waals surface area contributed by atoms with Crippen molar-refractivity contribution in [2.24, 2.45) is 58.2 Å². The third-order valence-electron chi connectivity index (χ3n) is 23.7. The molecule has 0 fully saturated rings. The number of hydrogen-bond acceptors (Lipinski definition) is 0. The van der Waals surface area contributed by atoms with Crippen molar-refractivity contribution in [3.05, 3.63) is 262 Å². The van der Waals surface area contributed by atoms with E-state index in [0.29, 0.717) is 10.8 Å². The van der Waals surface area contributed by atoms with E-state index in [1.165, 1.54) is 251 Å². The smallest absolute Gasteiger partial charge is 0.0109 e. The summed E-state index contributed by atoms with van der Waals surface area (Å²) in [7, 11) is 0. The van der Waals surface area contributed by atoms with Gasteiger partial charge in [-0.2, -0.15) is 0 Å². The normalized spacial score (nSPS) is 30.6. The summed E-state index contributed by atoms with van der Waals surface area (Å²) >= 11 is 0. The lowest BCUT2D eigenvalue weighted by Crippen LogP contribution is -2.15. The summed E-state index contributed by atoms with van der Waals surface area (Å²) in [6, 6.07) is 0. The maximum Gasteiger partial charge on any atom is -0.0109 e. The molecule has 0 radical (unpaired) electrons. The van der Waals surface area contributed by atoms with Crippen LogP contribution in [0.3, 0.4) is 0 Å². The summed E-state index contributed by atoms with van der Waals surface area (Å²) in [6.07, 6.45) is 103. The fourth-order valence-electron chi connectivity index (χ4n) is 14.6. The van der Waals surface area contributed by atoms with Gasteiger partial charge in [-0.15, -0.1) is 13.2 Å². The largest absolute Gasteiger partial charge is 0.103 e. The first kappa shape index (κ1) is 102. The number of allylic oxidation sites excluding steroid dienone is 40. The first-order chi connectivity index (χ1) is 52.2. The van der Waals surface area contributed by atoms with Gasteiger partial charge in [0.2, 0.25) is 0 Å². The highest BCUT2D eigenvalue weighted by Gasteiger charge is 2.23. The van der Waals surface area contributed by atoms with Crippen LogP contribution in [0.5, 0.6) is 0 Å². The zero-order chi connectivity index (χ0) is 82.1. The molecule has 11 rings (SSSR count). The van der Waals surface area contributed by atoms with Crippen molar-refractivity contribution in [2.45, 2.75) is 371 Å². The van der Waals surface area contributed by atoms with Crippen molar-refractivity contribution in [1.29, 1.82) is 0 Å². The second-order valence-corrected chi connectivity index (χ2v) is 36.7. The number of hydrogen-bond donors (Lipinski definition) is 0. The highest BCUT2D eigenvalue weighted by Crippen LogP contribution is 2.37.